The maximum atomic E-state index is 12.1. The molecule has 0 spiro atoms. The smallest absolute Gasteiger partial charge is 0.410 e. The number of amides is 1. The Kier molecular flexibility index (Phi) is 5.08. The highest BCUT2D eigenvalue weighted by molar-refractivity contribution is 9.10. The number of pyridine rings is 1. The first-order valence-corrected chi connectivity index (χ1v) is 7.99. The molecule has 0 bridgehead atoms. The minimum Gasteiger partial charge on any atom is -0.444 e. The maximum Gasteiger partial charge on any atom is 0.410 e. The Bertz CT molecular complexity index is 502. The van der Waals surface area contributed by atoms with E-state index in [0.29, 0.717) is 6.54 Å². The molecule has 6 heteroatoms. The van der Waals surface area contributed by atoms with Gasteiger partial charge in [-0.2, -0.15) is 0 Å². The molecule has 0 aliphatic carbocycles. The van der Waals surface area contributed by atoms with Gasteiger partial charge in [0.1, 0.15) is 11.4 Å². The lowest BCUT2D eigenvalue weighted by Crippen LogP contribution is -2.39. The molecule has 2 heterocycles. The van der Waals surface area contributed by atoms with Crippen LogP contribution in [0.5, 0.6) is 0 Å². The second-order valence-electron chi connectivity index (χ2n) is 6.12. The molecule has 1 amide bonds. The van der Waals surface area contributed by atoms with E-state index >= 15 is 0 Å². The molecule has 5 nitrogen and oxygen atoms in total. The van der Waals surface area contributed by atoms with Crippen molar-refractivity contribution in [2.24, 2.45) is 0 Å². The Morgan fingerprint density at radius 3 is 2.71 bits per heavy atom. The van der Waals surface area contributed by atoms with Crippen molar-refractivity contribution in [2.75, 3.05) is 31.1 Å². The summed E-state index contributed by atoms with van der Waals surface area (Å²) in [6, 6.07) is 3.89. The van der Waals surface area contributed by atoms with Crippen LogP contribution in [0.15, 0.2) is 22.8 Å². The number of hydrogen-bond acceptors (Lipinski definition) is 4. The zero-order chi connectivity index (χ0) is 15.5. The Labute approximate surface area is 134 Å². The van der Waals surface area contributed by atoms with Crippen molar-refractivity contribution in [2.45, 2.75) is 32.8 Å². The molecule has 0 atom stereocenters. The second-order valence-corrected chi connectivity index (χ2v) is 6.97. The van der Waals surface area contributed by atoms with Crippen LogP contribution in [0.25, 0.3) is 0 Å². The third kappa shape index (κ3) is 4.59. The lowest BCUT2D eigenvalue weighted by Gasteiger charge is -2.26. The van der Waals surface area contributed by atoms with Gasteiger partial charge in [0, 0.05) is 32.4 Å². The van der Waals surface area contributed by atoms with Gasteiger partial charge in [-0.25, -0.2) is 9.78 Å². The van der Waals surface area contributed by atoms with Crippen molar-refractivity contribution in [1.29, 1.82) is 0 Å². The average Bonchev–Trinajstić information content (AvgIpc) is 2.63. The van der Waals surface area contributed by atoms with Crippen LogP contribution in [0.4, 0.5) is 10.6 Å². The summed E-state index contributed by atoms with van der Waals surface area (Å²) in [5, 5.41) is 0. The van der Waals surface area contributed by atoms with Gasteiger partial charge >= 0.3 is 6.09 Å². The second kappa shape index (κ2) is 6.64. The van der Waals surface area contributed by atoms with Crippen molar-refractivity contribution >= 4 is 27.8 Å². The quantitative estimate of drug-likeness (QED) is 0.775. The Hall–Kier alpha value is -1.30. The predicted octanol–water partition coefficient (Wildman–Crippen LogP) is 3.29. The molecule has 1 aromatic heterocycles. The van der Waals surface area contributed by atoms with Crippen LogP contribution in [0.3, 0.4) is 0 Å². The van der Waals surface area contributed by atoms with E-state index in [1.165, 1.54) is 0 Å². The van der Waals surface area contributed by atoms with Crippen LogP contribution in [0, 0.1) is 0 Å². The first kappa shape index (κ1) is 16.1. The molecule has 1 saturated heterocycles. The number of carbonyl (C=O) groups excluding carboxylic acids is 1. The van der Waals surface area contributed by atoms with E-state index in [4.69, 9.17) is 4.74 Å². The molecule has 21 heavy (non-hydrogen) atoms. The Morgan fingerprint density at radius 2 is 2.05 bits per heavy atom. The van der Waals surface area contributed by atoms with Crippen molar-refractivity contribution in [3.05, 3.63) is 22.8 Å². The van der Waals surface area contributed by atoms with Gasteiger partial charge in [0.25, 0.3) is 0 Å². The van der Waals surface area contributed by atoms with Crippen LogP contribution >= 0.6 is 15.9 Å². The summed E-state index contributed by atoms with van der Waals surface area (Å²) < 4.78 is 6.42. The maximum absolute atomic E-state index is 12.1. The van der Waals surface area contributed by atoms with Crippen LogP contribution < -0.4 is 4.90 Å². The van der Waals surface area contributed by atoms with Crippen LogP contribution in [-0.2, 0) is 4.74 Å². The van der Waals surface area contributed by atoms with Gasteiger partial charge in [-0.15, -0.1) is 0 Å². The van der Waals surface area contributed by atoms with Gasteiger partial charge in [0.15, 0.2) is 0 Å². The number of rotatable bonds is 1. The largest absolute Gasteiger partial charge is 0.444 e. The van der Waals surface area contributed by atoms with E-state index < -0.39 is 5.60 Å². The molecule has 0 radical (unpaired) electrons. The minimum atomic E-state index is -0.451. The van der Waals surface area contributed by atoms with E-state index in [1.807, 2.05) is 32.9 Å². The van der Waals surface area contributed by atoms with E-state index in [9.17, 15) is 4.79 Å². The highest BCUT2D eigenvalue weighted by Crippen LogP contribution is 2.24. The molecule has 0 unspecified atom stereocenters. The Morgan fingerprint density at radius 1 is 1.29 bits per heavy atom. The standard InChI is InChI=1S/C15H22BrN3O2/c1-15(2,3)21-14(20)19-9-5-8-18(10-11-19)13-12(16)6-4-7-17-13/h4,6-7H,5,8-11H2,1-3H3. The number of nitrogens with zero attached hydrogens (tertiary/aromatic N) is 3. The normalized spacial score (nSPS) is 16.6. The van der Waals surface area contributed by atoms with E-state index in [-0.39, 0.29) is 6.09 Å². The fourth-order valence-corrected chi connectivity index (χ4v) is 2.75. The van der Waals surface area contributed by atoms with E-state index in [0.717, 1.165) is 36.3 Å². The fourth-order valence-electron chi connectivity index (χ4n) is 2.25. The third-order valence-electron chi connectivity index (χ3n) is 3.19. The Balaban J connectivity index is 1.99. The molecule has 2 rings (SSSR count). The molecule has 1 aliphatic rings. The van der Waals surface area contributed by atoms with E-state index in [1.54, 1.807) is 11.1 Å². The molecule has 0 saturated carbocycles. The summed E-state index contributed by atoms with van der Waals surface area (Å²) in [6.45, 7) is 8.68. The fraction of sp³-hybridized carbons (Fsp3) is 0.600. The minimum absolute atomic E-state index is 0.232. The van der Waals surface area contributed by atoms with Gasteiger partial charge in [-0.1, -0.05) is 0 Å². The number of anilines is 1. The van der Waals surface area contributed by atoms with Crippen molar-refractivity contribution in [1.82, 2.24) is 9.88 Å². The van der Waals surface area contributed by atoms with Crippen molar-refractivity contribution in [3.8, 4) is 0 Å². The summed E-state index contributed by atoms with van der Waals surface area (Å²) in [4.78, 5) is 20.5. The lowest BCUT2D eigenvalue weighted by atomic mass is 10.2. The molecular weight excluding hydrogens is 334 g/mol. The number of halogens is 1. The zero-order valence-electron chi connectivity index (χ0n) is 12.8. The average molecular weight is 356 g/mol. The summed E-state index contributed by atoms with van der Waals surface area (Å²) >= 11 is 3.53. The number of carbonyl (C=O) groups is 1. The zero-order valence-corrected chi connectivity index (χ0v) is 14.4. The predicted molar refractivity (Wildman–Crippen MR) is 86.6 cm³/mol. The first-order chi connectivity index (χ1) is 9.87. The van der Waals surface area contributed by atoms with Gasteiger partial charge in [-0.05, 0) is 55.3 Å². The summed E-state index contributed by atoms with van der Waals surface area (Å²) in [5.41, 5.74) is -0.451. The summed E-state index contributed by atoms with van der Waals surface area (Å²) in [6.07, 6.45) is 2.46. The SMILES string of the molecule is CC(C)(C)OC(=O)N1CCCN(c2ncccc2Br)CC1. The topological polar surface area (TPSA) is 45.7 Å². The third-order valence-corrected chi connectivity index (χ3v) is 3.81. The van der Waals surface area contributed by atoms with Gasteiger partial charge in [0.2, 0.25) is 0 Å². The monoisotopic (exact) mass is 355 g/mol. The molecule has 116 valence electrons. The number of aromatic nitrogens is 1. The lowest BCUT2D eigenvalue weighted by molar-refractivity contribution is 0.0263. The summed E-state index contributed by atoms with van der Waals surface area (Å²) in [5.74, 6) is 0.934. The van der Waals surface area contributed by atoms with Crippen molar-refractivity contribution < 1.29 is 9.53 Å². The number of hydrogen-bond donors (Lipinski definition) is 0. The summed E-state index contributed by atoms with van der Waals surface area (Å²) in [7, 11) is 0. The number of ether oxygens (including phenoxy) is 1. The van der Waals surface area contributed by atoms with Crippen molar-refractivity contribution in [3.63, 3.8) is 0 Å². The highest BCUT2D eigenvalue weighted by atomic mass is 79.9. The highest BCUT2D eigenvalue weighted by Gasteiger charge is 2.25. The van der Waals surface area contributed by atoms with E-state index in [2.05, 4.69) is 25.8 Å². The molecular formula is C15H22BrN3O2. The van der Waals surface area contributed by atoms with Gasteiger partial charge < -0.3 is 14.5 Å². The van der Waals surface area contributed by atoms with Gasteiger partial charge in [0.05, 0.1) is 4.47 Å². The van der Waals surface area contributed by atoms with Crippen LogP contribution in [-0.4, -0.2) is 47.8 Å². The molecule has 0 aromatic carbocycles. The van der Waals surface area contributed by atoms with Gasteiger partial charge in [-0.3, -0.25) is 0 Å². The molecule has 0 N–H and O–H groups in total. The molecule has 1 fully saturated rings. The first-order valence-electron chi connectivity index (χ1n) is 7.20. The van der Waals surface area contributed by atoms with Crippen LogP contribution in [0.2, 0.25) is 0 Å². The molecule has 1 aromatic rings. The van der Waals surface area contributed by atoms with Crippen LogP contribution in [0.1, 0.15) is 27.2 Å². The molecule has 1 aliphatic heterocycles.